The van der Waals surface area contributed by atoms with Crippen molar-refractivity contribution >= 4 is 27.8 Å². The minimum Gasteiger partial charge on any atom is -0.376 e. The minimum absolute atomic E-state index is 0.0930. The Kier molecular flexibility index (Phi) is 4.04. The summed E-state index contributed by atoms with van der Waals surface area (Å²) >= 11 is 0. The molecule has 0 unspecified atom stereocenters. The average molecular weight is 335 g/mol. The van der Waals surface area contributed by atoms with Gasteiger partial charge in [-0.15, -0.1) is 0 Å². The van der Waals surface area contributed by atoms with Gasteiger partial charge in [0.25, 0.3) is 0 Å². The van der Waals surface area contributed by atoms with Crippen molar-refractivity contribution in [1.29, 1.82) is 5.26 Å². The van der Waals surface area contributed by atoms with Crippen LogP contribution in [0.3, 0.4) is 0 Å². The van der Waals surface area contributed by atoms with Crippen LogP contribution in [0.1, 0.15) is 24.2 Å². The van der Waals surface area contributed by atoms with Crippen LogP contribution in [0, 0.1) is 11.3 Å². The fourth-order valence-corrected chi connectivity index (χ4v) is 3.11. The Morgan fingerprint density at radius 3 is 3.20 bits per heavy atom. The molecule has 1 fully saturated rings. The van der Waals surface area contributed by atoms with Crippen molar-refractivity contribution in [1.82, 2.24) is 20.3 Å². The molecule has 7 nitrogen and oxygen atoms in total. The van der Waals surface area contributed by atoms with Crippen LogP contribution >= 0.6 is 0 Å². The second-order valence-corrected chi connectivity index (χ2v) is 6.16. The van der Waals surface area contributed by atoms with Crippen LogP contribution in [-0.2, 0) is 16.0 Å². The van der Waals surface area contributed by atoms with E-state index in [0.717, 1.165) is 41.4 Å². The number of nitriles is 1. The maximum atomic E-state index is 12.1. The molecular formula is C18H17N5O2. The van der Waals surface area contributed by atoms with E-state index in [1.165, 1.54) is 0 Å². The summed E-state index contributed by atoms with van der Waals surface area (Å²) in [6, 6.07) is 7.43. The van der Waals surface area contributed by atoms with Crippen LogP contribution in [0.4, 0.5) is 0 Å². The highest BCUT2D eigenvalue weighted by Crippen LogP contribution is 2.23. The molecule has 3 aromatic rings. The number of benzene rings is 1. The zero-order valence-corrected chi connectivity index (χ0v) is 13.6. The smallest absolute Gasteiger partial charge is 0.227 e. The maximum Gasteiger partial charge on any atom is 0.227 e. The molecule has 126 valence electrons. The lowest BCUT2D eigenvalue weighted by molar-refractivity contribution is -0.121. The van der Waals surface area contributed by atoms with E-state index in [1.54, 1.807) is 24.4 Å². The fraction of sp³-hybridized carbons (Fsp3) is 0.333. The lowest BCUT2D eigenvalue weighted by Crippen LogP contribution is -2.33. The van der Waals surface area contributed by atoms with Gasteiger partial charge in [-0.05, 0) is 31.0 Å². The first-order chi connectivity index (χ1) is 12.2. The number of rotatable bonds is 4. The van der Waals surface area contributed by atoms with E-state index in [0.29, 0.717) is 17.9 Å². The Hall–Kier alpha value is -2.98. The quantitative estimate of drug-likeness (QED) is 0.757. The van der Waals surface area contributed by atoms with Crippen molar-refractivity contribution in [3.8, 4) is 6.07 Å². The van der Waals surface area contributed by atoms with Gasteiger partial charge in [-0.2, -0.15) is 5.26 Å². The monoisotopic (exact) mass is 335 g/mol. The number of aromatic nitrogens is 3. The van der Waals surface area contributed by atoms with Crippen LogP contribution in [0.5, 0.6) is 0 Å². The first-order valence-corrected chi connectivity index (χ1v) is 8.28. The number of pyridine rings is 1. The number of carbonyl (C=O) groups is 1. The molecular weight excluding hydrogens is 318 g/mol. The summed E-state index contributed by atoms with van der Waals surface area (Å²) < 4.78 is 5.50. The second kappa shape index (κ2) is 6.49. The topological polar surface area (TPSA) is 104 Å². The standard InChI is InChI=1S/C18H17N5O2/c19-8-11-3-4-14-13(6-11)18-15(10-20-14)22-16(23-18)7-17(24)21-9-12-2-1-5-25-12/h3-4,6,10,12H,1-2,5,7,9H2,(H,21,24)(H,22,23)/t12-/m1/s1. The Bertz CT molecular complexity index is 982. The van der Waals surface area contributed by atoms with Gasteiger partial charge in [0.1, 0.15) is 5.82 Å². The van der Waals surface area contributed by atoms with E-state index in [1.807, 2.05) is 0 Å². The molecule has 0 bridgehead atoms. The maximum absolute atomic E-state index is 12.1. The molecule has 7 heteroatoms. The number of H-pyrrole nitrogens is 1. The lowest BCUT2D eigenvalue weighted by atomic mass is 10.1. The van der Waals surface area contributed by atoms with Crippen molar-refractivity contribution in [2.75, 3.05) is 13.2 Å². The number of aromatic amines is 1. The molecule has 1 aliphatic heterocycles. The predicted octanol–water partition coefficient (Wildman–Crippen LogP) is 1.82. The molecule has 3 heterocycles. The number of hydrogen-bond acceptors (Lipinski definition) is 5. The predicted molar refractivity (Wildman–Crippen MR) is 91.8 cm³/mol. The Labute approximate surface area is 144 Å². The van der Waals surface area contributed by atoms with Crippen LogP contribution < -0.4 is 5.32 Å². The number of hydrogen-bond donors (Lipinski definition) is 2. The van der Waals surface area contributed by atoms with E-state index in [9.17, 15) is 4.79 Å². The van der Waals surface area contributed by atoms with E-state index in [2.05, 4.69) is 26.3 Å². The van der Waals surface area contributed by atoms with Crippen LogP contribution in [-0.4, -0.2) is 40.1 Å². The number of imidazole rings is 1. The Morgan fingerprint density at radius 2 is 2.40 bits per heavy atom. The van der Waals surface area contributed by atoms with Crippen molar-refractivity contribution in [3.05, 3.63) is 35.8 Å². The van der Waals surface area contributed by atoms with Crippen molar-refractivity contribution < 1.29 is 9.53 Å². The summed E-state index contributed by atoms with van der Waals surface area (Å²) in [5, 5.41) is 12.8. The third-order valence-electron chi connectivity index (χ3n) is 4.37. The summed E-state index contributed by atoms with van der Waals surface area (Å²) in [6.45, 7) is 1.31. The average Bonchev–Trinajstić information content (AvgIpc) is 3.28. The van der Waals surface area contributed by atoms with Crippen LogP contribution in [0.15, 0.2) is 24.4 Å². The summed E-state index contributed by atoms with van der Waals surface area (Å²) in [7, 11) is 0. The lowest BCUT2D eigenvalue weighted by Gasteiger charge is -2.09. The van der Waals surface area contributed by atoms with Gasteiger partial charge in [0, 0.05) is 18.5 Å². The van der Waals surface area contributed by atoms with Gasteiger partial charge < -0.3 is 15.0 Å². The highest BCUT2D eigenvalue weighted by atomic mass is 16.5. The number of ether oxygens (including phenoxy) is 1. The van der Waals surface area contributed by atoms with E-state index in [4.69, 9.17) is 10.00 Å². The molecule has 0 spiro atoms. The number of nitrogens with one attached hydrogen (secondary N) is 2. The number of nitrogens with zero attached hydrogens (tertiary/aromatic N) is 3. The molecule has 1 aliphatic rings. The van der Waals surface area contributed by atoms with Crippen molar-refractivity contribution in [3.63, 3.8) is 0 Å². The van der Waals surface area contributed by atoms with Crippen molar-refractivity contribution in [2.24, 2.45) is 0 Å². The zero-order valence-electron chi connectivity index (χ0n) is 13.6. The normalized spacial score (nSPS) is 17.0. The van der Waals surface area contributed by atoms with Gasteiger partial charge in [-0.3, -0.25) is 9.78 Å². The molecule has 2 aromatic heterocycles. The van der Waals surface area contributed by atoms with E-state index >= 15 is 0 Å². The molecule has 2 N–H and O–H groups in total. The minimum atomic E-state index is -0.0930. The molecule has 1 saturated heterocycles. The van der Waals surface area contributed by atoms with E-state index < -0.39 is 0 Å². The zero-order chi connectivity index (χ0) is 17.2. The van der Waals surface area contributed by atoms with Gasteiger partial charge in [-0.1, -0.05) is 0 Å². The molecule has 25 heavy (non-hydrogen) atoms. The Balaban J connectivity index is 1.55. The molecule has 0 saturated carbocycles. The highest BCUT2D eigenvalue weighted by molar-refractivity contribution is 6.02. The molecule has 1 atom stereocenters. The molecule has 0 radical (unpaired) electrons. The van der Waals surface area contributed by atoms with Gasteiger partial charge in [-0.25, -0.2) is 4.98 Å². The Morgan fingerprint density at radius 1 is 1.48 bits per heavy atom. The first kappa shape index (κ1) is 15.5. The summed E-state index contributed by atoms with van der Waals surface area (Å²) in [5.74, 6) is 0.487. The van der Waals surface area contributed by atoms with Crippen LogP contribution in [0.2, 0.25) is 0 Å². The van der Waals surface area contributed by atoms with E-state index in [-0.39, 0.29) is 18.4 Å². The third kappa shape index (κ3) is 3.16. The molecule has 1 aromatic carbocycles. The van der Waals surface area contributed by atoms with Crippen LogP contribution in [0.25, 0.3) is 21.9 Å². The van der Waals surface area contributed by atoms with Gasteiger partial charge in [0.2, 0.25) is 5.91 Å². The molecule has 1 amide bonds. The molecule has 4 rings (SSSR count). The number of carbonyl (C=O) groups excluding carboxylic acids is 1. The number of fused-ring (bicyclic) bond motifs is 3. The van der Waals surface area contributed by atoms with Gasteiger partial charge in [0.05, 0.1) is 46.9 Å². The molecule has 0 aliphatic carbocycles. The summed E-state index contributed by atoms with van der Waals surface area (Å²) in [6.07, 6.45) is 4.03. The largest absolute Gasteiger partial charge is 0.376 e. The SMILES string of the molecule is N#Cc1ccc2ncc3[nH]c(CC(=O)NC[C@H]4CCCO4)nc3c2c1. The van der Waals surface area contributed by atoms with Gasteiger partial charge in [0.15, 0.2) is 0 Å². The first-order valence-electron chi connectivity index (χ1n) is 8.28. The summed E-state index contributed by atoms with van der Waals surface area (Å²) in [4.78, 5) is 24.2. The second-order valence-electron chi connectivity index (χ2n) is 6.16. The highest BCUT2D eigenvalue weighted by Gasteiger charge is 2.17. The third-order valence-corrected chi connectivity index (χ3v) is 4.37. The van der Waals surface area contributed by atoms with Gasteiger partial charge >= 0.3 is 0 Å². The number of amides is 1. The van der Waals surface area contributed by atoms with Crippen molar-refractivity contribution in [2.45, 2.75) is 25.4 Å². The summed E-state index contributed by atoms with van der Waals surface area (Å²) in [5.41, 5.74) is 2.81. The fourth-order valence-electron chi connectivity index (χ4n) is 3.11.